The molecule has 0 aliphatic carbocycles. The summed E-state index contributed by atoms with van der Waals surface area (Å²) in [4.78, 5) is 4.28. The van der Waals surface area contributed by atoms with Crippen LogP contribution in [0.4, 0.5) is 5.69 Å². The molecule has 2 aromatic carbocycles. The first-order valence-electron chi connectivity index (χ1n) is 9.23. The molecule has 0 spiro atoms. The molecule has 0 saturated carbocycles. The van der Waals surface area contributed by atoms with Gasteiger partial charge in [-0.15, -0.1) is 10.2 Å². The highest BCUT2D eigenvalue weighted by Gasteiger charge is 2.18. The van der Waals surface area contributed by atoms with E-state index in [0.29, 0.717) is 33.7 Å². The summed E-state index contributed by atoms with van der Waals surface area (Å²) in [5.74, 6) is 2.23. The second kappa shape index (κ2) is 8.37. The Balaban J connectivity index is 1.46. The van der Waals surface area contributed by atoms with E-state index in [1.165, 1.54) is 6.07 Å². The van der Waals surface area contributed by atoms with Crippen LogP contribution in [0.15, 0.2) is 71.9 Å². The monoisotopic (exact) mass is 455 g/mol. The third-order valence-corrected chi connectivity index (χ3v) is 6.47. The largest absolute Gasteiger partial charge is 0.438 e. The second-order valence-electron chi connectivity index (χ2n) is 6.67. The highest BCUT2D eigenvalue weighted by Crippen LogP contribution is 2.26. The molecule has 10 heteroatoms. The third kappa shape index (κ3) is 4.52. The zero-order chi connectivity index (χ0) is 22.0. The van der Waals surface area contributed by atoms with Crippen LogP contribution in [0.3, 0.4) is 0 Å². The number of imidazole rings is 1. The number of hydrogen-bond donors (Lipinski definition) is 1. The van der Waals surface area contributed by atoms with E-state index in [4.69, 9.17) is 16.3 Å². The van der Waals surface area contributed by atoms with Gasteiger partial charge in [-0.1, -0.05) is 17.7 Å². The summed E-state index contributed by atoms with van der Waals surface area (Å²) in [5.41, 5.74) is 0.883. The fraction of sp³-hybridized carbons (Fsp3) is 0.0952. The van der Waals surface area contributed by atoms with E-state index < -0.39 is 10.0 Å². The first-order valence-corrected chi connectivity index (χ1v) is 11.1. The van der Waals surface area contributed by atoms with Gasteiger partial charge in [0.1, 0.15) is 11.6 Å². The van der Waals surface area contributed by atoms with Gasteiger partial charge in [0.25, 0.3) is 10.0 Å². The summed E-state index contributed by atoms with van der Waals surface area (Å²) in [6.07, 6.45) is 3.48. The van der Waals surface area contributed by atoms with Crippen molar-refractivity contribution in [1.82, 2.24) is 19.7 Å². The summed E-state index contributed by atoms with van der Waals surface area (Å²) < 4.78 is 35.4. The molecule has 0 unspecified atom stereocenters. The molecule has 0 aliphatic heterocycles. The number of nitrogens with one attached hydrogen (secondary N) is 1. The Bertz CT molecular complexity index is 1320. The lowest BCUT2D eigenvalue weighted by atomic mass is 10.2. The van der Waals surface area contributed by atoms with Crippen LogP contribution < -0.4 is 9.46 Å². The maximum absolute atomic E-state index is 12.7. The number of benzene rings is 2. The number of anilines is 1. The van der Waals surface area contributed by atoms with Crippen molar-refractivity contribution >= 4 is 27.3 Å². The van der Waals surface area contributed by atoms with Crippen LogP contribution in [0.1, 0.15) is 11.4 Å². The predicted molar refractivity (Wildman–Crippen MR) is 117 cm³/mol. The maximum Gasteiger partial charge on any atom is 0.262 e. The van der Waals surface area contributed by atoms with Crippen molar-refractivity contribution in [2.75, 3.05) is 4.72 Å². The van der Waals surface area contributed by atoms with Gasteiger partial charge in [-0.05, 0) is 61.9 Å². The van der Waals surface area contributed by atoms with Gasteiger partial charge < -0.3 is 4.74 Å². The SMILES string of the molecule is Cc1c(Cl)cccc1S(=O)(=O)Nc1ccc(Oc2ccc(-n3ccnc3C)nn2)cc1. The van der Waals surface area contributed by atoms with Crippen molar-refractivity contribution in [2.45, 2.75) is 18.7 Å². The van der Waals surface area contributed by atoms with Crippen LogP contribution >= 0.6 is 11.6 Å². The third-order valence-electron chi connectivity index (χ3n) is 4.54. The van der Waals surface area contributed by atoms with Crippen molar-refractivity contribution in [3.63, 3.8) is 0 Å². The van der Waals surface area contributed by atoms with Gasteiger partial charge in [-0.2, -0.15) is 0 Å². The number of aromatic nitrogens is 4. The van der Waals surface area contributed by atoms with Crippen molar-refractivity contribution in [2.24, 2.45) is 0 Å². The lowest BCUT2D eigenvalue weighted by Crippen LogP contribution is -2.14. The van der Waals surface area contributed by atoms with Crippen LogP contribution in [0.2, 0.25) is 5.02 Å². The molecule has 4 aromatic rings. The lowest BCUT2D eigenvalue weighted by Gasteiger charge is -2.12. The van der Waals surface area contributed by atoms with E-state index in [9.17, 15) is 8.42 Å². The van der Waals surface area contributed by atoms with Crippen LogP contribution in [0.25, 0.3) is 5.82 Å². The Morgan fingerprint density at radius 2 is 1.77 bits per heavy atom. The average Bonchev–Trinajstić information content (AvgIpc) is 3.17. The number of rotatable bonds is 6. The highest BCUT2D eigenvalue weighted by atomic mass is 35.5. The van der Waals surface area contributed by atoms with E-state index in [2.05, 4.69) is 19.9 Å². The van der Waals surface area contributed by atoms with Crippen molar-refractivity contribution in [1.29, 1.82) is 0 Å². The second-order valence-corrected chi connectivity index (χ2v) is 8.73. The lowest BCUT2D eigenvalue weighted by molar-refractivity contribution is 0.454. The molecule has 8 nitrogen and oxygen atoms in total. The highest BCUT2D eigenvalue weighted by molar-refractivity contribution is 7.92. The molecule has 0 radical (unpaired) electrons. The van der Waals surface area contributed by atoms with Gasteiger partial charge in [0.2, 0.25) is 5.88 Å². The summed E-state index contributed by atoms with van der Waals surface area (Å²) in [6, 6.07) is 14.7. The molecule has 0 aliphatic rings. The van der Waals surface area contributed by atoms with Crippen molar-refractivity contribution in [3.05, 3.63) is 83.4 Å². The molecule has 0 fully saturated rings. The topological polar surface area (TPSA) is 99.0 Å². The smallest absolute Gasteiger partial charge is 0.262 e. The average molecular weight is 456 g/mol. The van der Waals surface area contributed by atoms with Crippen LogP contribution in [0, 0.1) is 13.8 Å². The number of hydrogen-bond acceptors (Lipinski definition) is 6. The Kier molecular flexibility index (Phi) is 5.62. The molecule has 4 rings (SSSR count). The molecular weight excluding hydrogens is 438 g/mol. The van der Waals surface area contributed by atoms with Gasteiger partial charge >= 0.3 is 0 Å². The summed E-state index contributed by atoms with van der Waals surface area (Å²) in [6.45, 7) is 3.53. The minimum Gasteiger partial charge on any atom is -0.438 e. The number of sulfonamides is 1. The zero-order valence-electron chi connectivity index (χ0n) is 16.7. The van der Waals surface area contributed by atoms with Crippen molar-refractivity contribution in [3.8, 4) is 17.4 Å². The number of halogens is 1. The van der Waals surface area contributed by atoms with E-state index >= 15 is 0 Å². The Labute approximate surface area is 184 Å². The van der Waals surface area contributed by atoms with Crippen molar-refractivity contribution < 1.29 is 13.2 Å². The van der Waals surface area contributed by atoms with E-state index in [1.807, 2.05) is 6.92 Å². The van der Waals surface area contributed by atoms with Crippen LogP contribution in [0.5, 0.6) is 11.6 Å². The Morgan fingerprint density at radius 3 is 2.42 bits per heavy atom. The minimum atomic E-state index is -3.77. The predicted octanol–water partition coefficient (Wildman–Crippen LogP) is 4.53. The first-order chi connectivity index (χ1) is 14.8. The molecule has 0 amide bonds. The van der Waals surface area contributed by atoms with E-state index in [1.54, 1.807) is 72.4 Å². The number of ether oxygens (including phenoxy) is 1. The summed E-state index contributed by atoms with van der Waals surface area (Å²) in [5, 5.41) is 8.59. The quantitative estimate of drug-likeness (QED) is 0.458. The fourth-order valence-corrected chi connectivity index (χ4v) is 4.47. The Hall–Kier alpha value is -3.43. The van der Waals surface area contributed by atoms with Gasteiger partial charge in [0, 0.05) is 29.2 Å². The van der Waals surface area contributed by atoms with Gasteiger partial charge in [0.05, 0.1) is 4.90 Å². The minimum absolute atomic E-state index is 0.129. The molecule has 0 saturated heterocycles. The normalized spacial score (nSPS) is 11.3. The van der Waals surface area contributed by atoms with Gasteiger partial charge in [0.15, 0.2) is 5.82 Å². The molecule has 158 valence electrons. The standard InChI is InChI=1S/C21H18ClN5O3S/c1-14-18(22)4-3-5-19(14)31(28,29)26-16-6-8-17(9-7-16)30-21-11-10-20(24-25-21)27-13-12-23-15(27)2/h3-13,26H,1-2H3. The molecule has 2 aromatic heterocycles. The number of nitrogens with zero attached hydrogens (tertiary/aromatic N) is 4. The van der Waals surface area contributed by atoms with E-state index in [-0.39, 0.29) is 4.90 Å². The first kappa shape index (κ1) is 20.8. The van der Waals surface area contributed by atoms with Gasteiger partial charge in [-0.25, -0.2) is 13.4 Å². The molecular formula is C21H18ClN5O3S. The summed E-state index contributed by atoms with van der Waals surface area (Å²) >= 11 is 6.04. The number of aryl methyl sites for hydroxylation is 1. The van der Waals surface area contributed by atoms with Crippen LogP contribution in [-0.2, 0) is 10.0 Å². The molecule has 1 N–H and O–H groups in total. The van der Waals surface area contributed by atoms with Gasteiger partial charge in [-0.3, -0.25) is 9.29 Å². The molecule has 31 heavy (non-hydrogen) atoms. The Morgan fingerprint density at radius 1 is 1.00 bits per heavy atom. The fourth-order valence-electron chi connectivity index (χ4n) is 2.92. The summed E-state index contributed by atoms with van der Waals surface area (Å²) in [7, 11) is -3.77. The van der Waals surface area contributed by atoms with Crippen LogP contribution in [-0.4, -0.2) is 28.2 Å². The maximum atomic E-state index is 12.7. The molecule has 2 heterocycles. The molecule has 0 atom stereocenters. The molecule has 0 bridgehead atoms. The van der Waals surface area contributed by atoms with E-state index in [0.717, 1.165) is 5.82 Å². The zero-order valence-corrected chi connectivity index (χ0v) is 18.2.